The van der Waals surface area contributed by atoms with Gasteiger partial charge in [0, 0.05) is 29.5 Å². The third-order valence-electron chi connectivity index (χ3n) is 3.90. The van der Waals surface area contributed by atoms with Gasteiger partial charge in [0.1, 0.15) is 0 Å². The molecular formula is C19H25N3O2S. The highest BCUT2D eigenvalue weighted by molar-refractivity contribution is 7.99. The van der Waals surface area contributed by atoms with Crippen molar-refractivity contribution in [3.8, 4) is 0 Å². The molecule has 2 rings (SSSR count). The van der Waals surface area contributed by atoms with Gasteiger partial charge in [-0.2, -0.15) is 0 Å². The second-order valence-corrected chi connectivity index (χ2v) is 6.95. The van der Waals surface area contributed by atoms with Crippen LogP contribution in [0.25, 0.3) is 0 Å². The van der Waals surface area contributed by atoms with Crippen molar-refractivity contribution in [1.82, 2.24) is 9.88 Å². The molecule has 2 aromatic rings. The van der Waals surface area contributed by atoms with Crippen LogP contribution in [0.2, 0.25) is 0 Å². The molecule has 0 radical (unpaired) electrons. The van der Waals surface area contributed by atoms with Crippen molar-refractivity contribution < 1.29 is 9.90 Å². The van der Waals surface area contributed by atoms with Crippen LogP contribution >= 0.6 is 11.8 Å². The van der Waals surface area contributed by atoms with Gasteiger partial charge >= 0.3 is 6.03 Å². The largest absolute Gasteiger partial charge is 0.394 e. The maximum Gasteiger partial charge on any atom is 0.322 e. The fourth-order valence-electron chi connectivity index (χ4n) is 2.50. The highest BCUT2D eigenvalue weighted by Gasteiger charge is 2.22. The Morgan fingerprint density at radius 2 is 1.88 bits per heavy atom. The lowest BCUT2D eigenvalue weighted by Gasteiger charge is -2.30. The third-order valence-corrected chi connectivity index (χ3v) is 4.80. The monoisotopic (exact) mass is 359 g/mol. The van der Waals surface area contributed by atoms with Gasteiger partial charge in [-0.15, -0.1) is 11.8 Å². The zero-order chi connectivity index (χ0) is 18.1. The molecule has 0 fully saturated rings. The van der Waals surface area contributed by atoms with E-state index in [1.165, 1.54) is 4.90 Å². The van der Waals surface area contributed by atoms with Crippen molar-refractivity contribution in [2.24, 2.45) is 0 Å². The first-order chi connectivity index (χ1) is 12.2. The summed E-state index contributed by atoms with van der Waals surface area (Å²) >= 11 is 1.76. The van der Waals surface area contributed by atoms with Gasteiger partial charge in [0.25, 0.3) is 0 Å². The molecule has 25 heavy (non-hydrogen) atoms. The van der Waals surface area contributed by atoms with Crippen molar-refractivity contribution in [1.29, 1.82) is 0 Å². The Morgan fingerprint density at radius 3 is 2.44 bits per heavy atom. The average Bonchev–Trinajstić information content (AvgIpc) is 2.64. The highest BCUT2D eigenvalue weighted by Crippen LogP contribution is 2.20. The summed E-state index contributed by atoms with van der Waals surface area (Å²) in [5, 5.41) is 12.6. The quantitative estimate of drug-likeness (QED) is 0.699. The number of hydrogen-bond donors (Lipinski definition) is 2. The summed E-state index contributed by atoms with van der Waals surface area (Å²) in [7, 11) is 0. The number of rotatable bonds is 8. The Bertz CT molecular complexity index is 645. The summed E-state index contributed by atoms with van der Waals surface area (Å²) in [6.45, 7) is 4.43. The van der Waals surface area contributed by atoms with Crippen LogP contribution in [0.5, 0.6) is 0 Å². The number of thioether (sulfide) groups is 1. The standard InChI is InChI=1S/C19H25N3O2S/c1-3-17(14-23)22(13-15-9-11-20-12-10-15)19(24)21-16-5-7-18(8-6-16)25-4-2/h5-12,17,23H,3-4,13-14H2,1-2H3,(H,21,24)/t17-/m1/s1. The summed E-state index contributed by atoms with van der Waals surface area (Å²) in [6.07, 6.45) is 4.09. The number of aliphatic hydroxyl groups is 1. The van der Waals surface area contributed by atoms with E-state index in [0.717, 1.165) is 17.0 Å². The number of nitrogens with zero attached hydrogens (tertiary/aromatic N) is 2. The highest BCUT2D eigenvalue weighted by atomic mass is 32.2. The van der Waals surface area contributed by atoms with Crippen LogP contribution in [0.3, 0.4) is 0 Å². The lowest BCUT2D eigenvalue weighted by molar-refractivity contribution is 0.134. The van der Waals surface area contributed by atoms with Crippen LogP contribution < -0.4 is 5.32 Å². The van der Waals surface area contributed by atoms with Crippen molar-refractivity contribution in [2.45, 2.75) is 37.8 Å². The summed E-state index contributed by atoms with van der Waals surface area (Å²) < 4.78 is 0. The lowest BCUT2D eigenvalue weighted by atomic mass is 10.1. The zero-order valence-electron chi connectivity index (χ0n) is 14.7. The van der Waals surface area contributed by atoms with Crippen molar-refractivity contribution in [2.75, 3.05) is 17.7 Å². The summed E-state index contributed by atoms with van der Waals surface area (Å²) in [5.74, 6) is 1.01. The molecule has 1 aromatic heterocycles. The Hall–Kier alpha value is -2.05. The van der Waals surface area contributed by atoms with Gasteiger partial charge in [0.15, 0.2) is 0 Å². The second-order valence-electron chi connectivity index (χ2n) is 5.62. The first-order valence-electron chi connectivity index (χ1n) is 8.48. The number of anilines is 1. The van der Waals surface area contributed by atoms with Crippen LogP contribution in [0.1, 0.15) is 25.8 Å². The molecule has 2 amide bonds. The molecule has 0 bridgehead atoms. The normalized spacial score (nSPS) is 11.8. The topological polar surface area (TPSA) is 65.5 Å². The molecule has 5 nitrogen and oxygen atoms in total. The number of pyridine rings is 1. The minimum atomic E-state index is -0.233. The molecule has 0 aliphatic heterocycles. The van der Waals surface area contributed by atoms with E-state index in [1.807, 2.05) is 43.3 Å². The molecule has 1 atom stereocenters. The summed E-state index contributed by atoms with van der Waals surface area (Å²) in [5.41, 5.74) is 1.73. The maximum absolute atomic E-state index is 12.8. The van der Waals surface area contributed by atoms with Crippen LogP contribution in [0.15, 0.2) is 53.7 Å². The Kier molecular flexibility index (Phi) is 7.76. The average molecular weight is 359 g/mol. The predicted octanol–water partition coefficient (Wildman–Crippen LogP) is 4.00. The Morgan fingerprint density at radius 1 is 1.20 bits per heavy atom. The van der Waals surface area contributed by atoms with Gasteiger partial charge in [-0.1, -0.05) is 13.8 Å². The number of amides is 2. The van der Waals surface area contributed by atoms with E-state index in [2.05, 4.69) is 17.2 Å². The maximum atomic E-state index is 12.8. The first kappa shape index (κ1) is 19.3. The van der Waals surface area contributed by atoms with Crippen molar-refractivity contribution >= 4 is 23.5 Å². The first-order valence-corrected chi connectivity index (χ1v) is 9.46. The number of aromatic nitrogens is 1. The van der Waals surface area contributed by atoms with E-state index in [-0.39, 0.29) is 18.7 Å². The molecular weight excluding hydrogens is 334 g/mol. The van der Waals surface area contributed by atoms with E-state index >= 15 is 0 Å². The molecule has 0 saturated heterocycles. The molecule has 1 aromatic carbocycles. The van der Waals surface area contributed by atoms with Crippen LogP contribution in [0, 0.1) is 0 Å². The minimum Gasteiger partial charge on any atom is -0.394 e. The number of carbonyl (C=O) groups excluding carboxylic acids is 1. The van der Waals surface area contributed by atoms with Gasteiger partial charge < -0.3 is 15.3 Å². The van der Waals surface area contributed by atoms with Gasteiger partial charge in [-0.05, 0) is 54.1 Å². The van der Waals surface area contributed by atoms with Crippen molar-refractivity contribution in [3.63, 3.8) is 0 Å². The number of carbonyl (C=O) groups is 1. The van der Waals surface area contributed by atoms with Crippen LogP contribution in [-0.2, 0) is 6.54 Å². The number of benzene rings is 1. The predicted molar refractivity (Wildman–Crippen MR) is 103 cm³/mol. The molecule has 0 spiro atoms. The fourth-order valence-corrected chi connectivity index (χ4v) is 3.16. The van der Waals surface area contributed by atoms with E-state index in [0.29, 0.717) is 13.0 Å². The molecule has 1 heterocycles. The lowest BCUT2D eigenvalue weighted by Crippen LogP contribution is -2.44. The molecule has 0 unspecified atom stereocenters. The van der Waals surface area contributed by atoms with Gasteiger partial charge in [0.2, 0.25) is 0 Å². The number of hydrogen-bond acceptors (Lipinski definition) is 4. The molecule has 2 N–H and O–H groups in total. The zero-order valence-corrected chi connectivity index (χ0v) is 15.5. The van der Waals surface area contributed by atoms with Gasteiger partial charge in [-0.3, -0.25) is 4.98 Å². The van der Waals surface area contributed by atoms with E-state index in [9.17, 15) is 9.90 Å². The minimum absolute atomic E-state index is 0.0684. The summed E-state index contributed by atoms with van der Waals surface area (Å²) in [6, 6.07) is 11.1. The van der Waals surface area contributed by atoms with E-state index in [1.54, 1.807) is 29.1 Å². The van der Waals surface area contributed by atoms with E-state index in [4.69, 9.17) is 0 Å². The van der Waals surface area contributed by atoms with Crippen LogP contribution in [-0.4, -0.2) is 39.4 Å². The van der Waals surface area contributed by atoms with Gasteiger partial charge in [-0.25, -0.2) is 4.79 Å². The SMILES string of the molecule is CCSc1ccc(NC(=O)N(Cc2ccncc2)[C@H](CC)CO)cc1. The fraction of sp³-hybridized carbons (Fsp3) is 0.368. The number of aliphatic hydroxyl groups excluding tert-OH is 1. The smallest absolute Gasteiger partial charge is 0.322 e. The Labute approximate surface area is 153 Å². The number of urea groups is 1. The molecule has 0 aliphatic carbocycles. The van der Waals surface area contributed by atoms with Crippen molar-refractivity contribution in [3.05, 3.63) is 54.4 Å². The van der Waals surface area contributed by atoms with Gasteiger partial charge in [0.05, 0.1) is 12.6 Å². The van der Waals surface area contributed by atoms with E-state index < -0.39 is 0 Å². The second kappa shape index (κ2) is 10.1. The van der Waals surface area contributed by atoms with Crippen LogP contribution in [0.4, 0.5) is 10.5 Å². The molecule has 134 valence electrons. The molecule has 6 heteroatoms. The Balaban J connectivity index is 2.11. The summed E-state index contributed by atoms with van der Waals surface area (Å²) in [4.78, 5) is 19.6. The molecule has 0 saturated carbocycles. The third kappa shape index (κ3) is 5.76. The number of nitrogens with one attached hydrogen (secondary N) is 1. The molecule has 0 aliphatic rings.